The smallest absolute Gasteiger partial charge is 0.221 e. The van der Waals surface area contributed by atoms with Gasteiger partial charge in [0.25, 0.3) is 0 Å². The van der Waals surface area contributed by atoms with Crippen LogP contribution in [0.3, 0.4) is 0 Å². The second-order valence-electron chi connectivity index (χ2n) is 6.87. The molecule has 0 spiro atoms. The van der Waals surface area contributed by atoms with E-state index in [0.717, 1.165) is 6.54 Å². The van der Waals surface area contributed by atoms with Crippen molar-refractivity contribution < 1.29 is 4.79 Å². The molecule has 0 aliphatic heterocycles. The van der Waals surface area contributed by atoms with Crippen LogP contribution >= 0.6 is 0 Å². The maximum Gasteiger partial charge on any atom is 0.221 e. The quantitative estimate of drug-likeness (QED) is 0.769. The van der Waals surface area contributed by atoms with Gasteiger partial charge in [0.2, 0.25) is 5.91 Å². The summed E-state index contributed by atoms with van der Waals surface area (Å²) in [6.45, 7) is 11.5. The van der Waals surface area contributed by atoms with Gasteiger partial charge in [0.1, 0.15) is 0 Å². The van der Waals surface area contributed by atoms with Crippen LogP contribution in [-0.2, 0) is 4.79 Å². The number of rotatable bonds is 4. The summed E-state index contributed by atoms with van der Waals surface area (Å²) in [5.41, 5.74) is 6.39. The van der Waals surface area contributed by atoms with Crippen LogP contribution in [0.2, 0.25) is 0 Å². The minimum Gasteiger partial charge on any atom is -0.356 e. The standard InChI is InChI=1S/C13H26N2O/c1-12(2,3)10(14)6-11(16)15-8-9-7-13(9,4)5/h9-10H,6-8,14H2,1-5H3,(H,15,16). The molecule has 3 heteroatoms. The van der Waals surface area contributed by atoms with Crippen molar-refractivity contribution in [2.75, 3.05) is 6.54 Å². The Labute approximate surface area is 99.2 Å². The predicted molar refractivity (Wildman–Crippen MR) is 66.9 cm³/mol. The van der Waals surface area contributed by atoms with E-state index in [1.54, 1.807) is 0 Å². The number of nitrogens with two attached hydrogens (primary N) is 1. The highest BCUT2D eigenvalue weighted by Crippen LogP contribution is 2.50. The molecule has 3 N–H and O–H groups in total. The molecule has 0 saturated heterocycles. The Balaban J connectivity index is 2.22. The van der Waals surface area contributed by atoms with Gasteiger partial charge < -0.3 is 11.1 Å². The Bertz CT molecular complexity index is 266. The van der Waals surface area contributed by atoms with Gasteiger partial charge >= 0.3 is 0 Å². The highest BCUT2D eigenvalue weighted by Gasteiger charge is 2.45. The van der Waals surface area contributed by atoms with Gasteiger partial charge in [-0.25, -0.2) is 0 Å². The van der Waals surface area contributed by atoms with Crippen molar-refractivity contribution >= 4 is 5.91 Å². The maximum absolute atomic E-state index is 11.7. The average molecular weight is 226 g/mol. The molecule has 0 bridgehead atoms. The first-order valence-corrected chi connectivity index (χ1v) is 6.15. The van der Waals surface area contributed by atoms with Gasteiger partial charge in [-0.15, -0.1) is 0 Å². The molecular formula is C13H26N2O. The van der Waals surface area contributed by atoms with Gasteiger partial charge in [-0.05, 0) is 23.2 Å². The summed E-state index contributed by atoms with van der Waals surface area (Å²) >= 11 is 0. The molecule has 0 radical (unpaired) electrons. The number of hydrogen-bond donors (Lipinski definition) is 2. The summed E-state index contributed by atoms with van der Waals surface area (Å²) in [6, 6.07) is -0.0697. The first-order valence-electron chi connectivity index (χ1n) is 6.15. The molecule has 94 valence electrons. The third kappa shape index (κ3) is 3.78. The van der Waals surface area contributed by atoms with E-state index in [4.69, 9.17) is 5.73 Å². The van der Waals surface area contributed by atoms with E-state index in [-0.39, 0.29) is 17.4 Å². The molecule has 3 nitrogen and oxygen atoms in total. The predicted octanol–water partition coefficient (Wildman–Crippen LogP) is 1.91. The van der Waals surface area contributed by atoms with Crippen LogP contribution in [-0.4, -0.2) is 18.5 Å². The summed E-state index contributed by atoms with van der Waals surface area (Å²) in [7, 11) is 0. The molecule has 1 saturated carbocycles. The Morgan fingerprint density at radius 3 is 2.38 bits per heavy atom. The van der Waals surface area contributed by atoms with E-state index in [1.165, 1.54) is 6.42 Å². The monoisotopic (exact) mass is 226 g/mol. The lowest BCUT2D eigenvalue weighted by Gasteiger charge is -2.26. The molecule has 1 amide bonds. The van der Waals surface area contributed by atoms with E-state index in [2.05, 4.69) is 39.9 Å². The normalized spacial score (nSPS) is 25.0. The van der Waals surface area contributed by atoms with Gasteiger partial charge in [0.05, 0.1) is 0 Å². The van der Waals surface area contributed by atoms with Crippen LogP contribution in [0.25, 0.3) is 0 Å². The average Bonchev–Trinajstić information content (AvgIpc) is 2.69. The van der Waals surface area contributed by atoms with Gasteiger partial charge in [-0.1, -0.05) is 34.6 Å². The molecule has 0 aromatic rings. The molecule has 1 aliphatic rings. The van der Waals surface area contributed by atoms with Crippen LogP contribution in [0.15, 0.2) is 0 Å². The lowest BCUT2D eigenvalue weighted by atomic mass is 9.85. The molecule has 0 aromatic carbocycles. The zero-order valence-electron chi connectivity index (χ0n) is 11.3. The minimum atomic E-state index is -0.0697. The number of nitrogens with one attached hydrogen (secondary N) is 1. The van der Waals surface area contributed by atoms with E-state index in [0.29, 0.717) is 17.8 Å². The lowest BCUT2D eigenvalue weighted by Crippen LogP contribution is -2.40. The summed E-state index contributed by atoms with van der Waals surface area (Å²) in [5, 5.41) is 2.98. The first kappa shape index (κ1) is 13.5. The second kappa shape index (κ2) is 4.36. The lowest BCUT2D eigenvalue weighted by molar-refractivity contribution is -0.122. The fraction of sp³-hybridized carbons (Fsp3) is 0.923. The topological polar surface area (TPSA) is 55.1 Å². The number of hydrogen-bond acceptors (Lipinski definition) is 2. The van der Waals surface area contributed by atoms with Gasteiger partial charge in [0.15, 0.2) is 0 Å². The molecule has 1 fully saturated rings. The molecular weight excluding hydrogens is 200 g/mol. The number of carbonyl (C=O) groups excluding carboxylic acids is 1. The SMILES string of the molecule is CC(C)(C)C(N)CC(=O)NCC1CC1(C)C. The molecule has 0 aromatic heterocycles. The molecule has 0 heterocycles. The molecule has 2 atom stereocenters. The highest BCUT2D eigenvalue weighted by atomic mass is 16.1. The van der Waals surface area contributed by atoms with E-state index in [9.17, 15) is 4.79 Å². The number of amides is 1. The van der Waals surface area contributed by atoms with Gasteiger partial charge in [-0.3, -0.25) is 4.79 Å². The summed E-state index contributed by atoms with van der Waals surface area (Å²) < 4.78 is 0. The van der Waals surface area contributed by atoms with Crippen LogP contribution in [0.5, 0.6) is 0 Å². The van der Waals surface area contributed by atoms with Crippen molar-refractivity contribution in [2.45, 2.75) is 53.5 Å². The van der Waals surface area contributed by atoms with Crippen LogP contribution < -0.4 is 11.1 Å². The van der Waals surface area contributed by atoms with E-state index >= 15 is 0 Å². The van der Waals surface area contributed by atoms with E-state index in [1.807, 2.05) is 0 Å². The zero-order chi connectivity index (χ0) is 12.6. The maximum atomic E-state index is 11.7. The minimum absolute atomic E-state index is 0.00378. The third-order valence-electron chi connectivity index (χ3n) is 3.78. The third-order valence-corrected chi connectivity index (χ3v) is 3.78. The van der Waals surface area contributed by atoms with Crippen molar-refractivity contribution in [3.05, 3.63) is 0 Å². The Morgan fingerprint density at radius 1 is 1.50 bits per heavy atom. The van der Waals surface area contributed by atoms with Crippen molar-refractivity contribution in [3.63, 3.8) is 0 Å². The fourth-order valence-corrected chi connectivity index (χ4v) is 1.74. The summed E-state index contributed by atoms with van der Waals surface area (Å²) in [5.74, 6) is 0.743. The molecule has 2 unspecified atom stereocenters. The Hall–Kier alpha value is -0.570. The van der Waals surface area contributed by atoms with E-state index < -0.39 is 0 Å². The molecule has 1 aliphatic carbocycles. The zero-order valence-corrected chi connectivity index (χ0v) is 11.3. The van der Waals surface area contributed by atoms with Crippen LogP contribution in [0.4, 0.5) is 0 Å². The Kier molecular flexibility index (Phi) is 3.68. The second-order valence-corrected chi connectivity index (χ2v) is 6.87. The van der Waals surface area contributed by atoms with Gasteiger partial charge in [-0.2, -0.15) is 0 Å². The first-order chi connectivity index (χ1) is 7.13. The van der Waals surface area contributed by atoms with Crippen molar-refractivity contribution in [3.8, 4) is 0 Å². The van der Waals surface area contributed by atoms with Crippen molar-refractivity contribution in [1.29, 1.82) is 0 Å². The summed E-state index contributed by atoms with van der Waals surface area (Å²) in [4.78, 5) is 11.7. The highest BCUT2D eigenvalue weighted by molar-refractivity contribution is 5.76. The Morgan fingerprint density at radius 2 is 2.00 bits per heavy atom. The van der Waals surface area contributed by atoms with Crippen molar-refractivity contribution in [1.82, 2.24) is 5.32 Å². The van der Waals surface area contributed by atoms with Gasteiger partial charge in [0, 0.05) is 19.0 Å². The fourth-order valence-electron chi connectivity index (χ4n) is 1.74. The van der Waals surface area contributed by atoms with Crippen LogP contribution in [0.1, 0.15) is 47.5 Å². The van der Waals surface area contributed by atoms with Crippen LogP contribution in [0, 0.1) is 16.7 Å². The van der Waals surface area contributed by atoms with Crippen molar-refractivity contribution in [2.24, 2.45) is 22.5 Å². The molecule has 16 heavy (non-hydrogen) atoms. The molecule has 1 rings (SSSR count). The largest absolute Gasteiger partial charge is 0.356 e. The summed E-state index contributed by atoms with van der Waals surface area (Å²) in [6.07, 6.45) is 1.65. The number of carbonyl (C=O) groups is 1.